The summed E-state index contributed by atoms with van der Waals surface area (Å²) in [5, 5.41) is 7.52. The fourth-order valence-corrected chi connectivity index (χ4v) is 1.77. The van der Waals surface area contributed by atoms with Crippen molar-refractivity contribution in [3.63, 3.8) is 0 Å². The first-order valence-electron chi connectivity index (χ1n) is 6.03. The van der Waals surface area contributed by atoms with Gasteiger partial charge in [-0.1, -0.05) is 19.1 Å². The van der Waals surface area contributed by atoms with Crippen LogP contribution in [0.15, 0.2) is 30.6 Å². The van der Waals surface area contributed by atoms with Crippen molar-refractivity contribution >= 4 is 5.69 Å². The maximum atomic E-state index is 4.23. The van der Waals surface area contributed by atoms with E-state index in [2.05, 4.69) is 53.5 Å². The van der Waals surface area contributed by atoms with Crippen LogP contribution in [0.5, 0.6) is 0 Å². The van der Waals surface area contributed by atoms with Crippen molar-refractivity contribution in [2.45, 2.75) is 33.4 Å². The minimum absolute atomic E-state index is 0.709. The average Bonchev–Trinajstić information content (AvgIpc) is 2.84. The van der Waals surface area contributed by atoms with E-state index in [1.165, 1.54) is 5.56 Å². The molecule has 1 aromatic carbocycles. The number of aryl methyl sites for hydroxylation is 2. The minimum Gasteiger partial charge on any atom is -0.378 e. The third kappa shape index (κ3) is 2.84. The molecule has 2 rings (SSSR count). The van der Waals surface area contributed by atoms with Crippen molar-refractivity contribution in [3.8, 4) is 0 Å². The van der Waals surface area contributed by atoms with E-state index in [4.69, 9.17) is 0 Å². The van der Waals surface area contributed by atoms with Crippen LogP contribution < -0.4 is 5.32 Å². The second-order valence-corrected chi connectivity index (χ2v) is 3.90. The molecule has 0 fully saturated rings. The maximum Gasteiger partial charge on any atom is 0.146 e. The summed E-state index contributed by atoms with van der Waals surface area (Å²) in [5.74, 6) is 0.967. The van der Waals surface area contributed by atoms with Crippen LogP contribution in [0, 0.1) is 0 Å². The van der Waals surface area contributed by atoms with Gasteiger partial charge >= 0.3 is 0 Å². The molecule has 0 saturated carbocycles. The van der Waals surface area contributed by atoms with E-state index in [9.17, 15) is 0 Å². The summed E-state index contributed by atoms with van der Waals surface area (Å²) in [6.07, 6.45) is 2.66. The molecule has 0 radical (unpaired) electrons. The number of anilines is 1. The van der Waals surface area contributed by atoms with Crippen molar-refractivity contribution in [2.75, 3.05) is 5.32 Å². The van der Waals surface area contributed by atoms with Crippen LogP contribution in [0.25, 0.3) is 0 Å². The Balaban J connectivity index is 2.02. The first-order valence-corrected chi connectivity index (χ1v) is 6.03. The highest BCUT2D eigenvalue weighted by Crippen LogP contribution is 2.11. The molecule has 1 aromatic heterocycles. The highest BCUT2D eigenvalue weighted by Gasteiger charge is 2.02. The fourth-order valence-electron chi connectivity index (χ4n) is 1.77. The van der Waals surface area contributed by atoms with Crippen LogP contribution in [0.2, 0.25) is 0 Å². The third-order valence-corrected chi connectivity index (χ3v) is 2.78. The van der Waals surface area contributed by atoms with E-state index in [1.54, 1.807) is 6.33 Å². The molecular weight excluding hydrogens is 212 g/mol. The van der Waals surface area contributed by atoms with Gasteiger partial charge in [-0.05, 0) is 31.0 Å². The number of aromatic nitrogens is 3. The molecule has 0 aliphatic rings. The van der Waals surface area contributed by atoms with Crippen molar-refractivity contribution in [1.82, 2.24) is 14.8 Å². The van der Waals surface area contributed by atoms with Gasteiger partial charge in [-0.15, -0.1) is 0 Å². The van der Waals surface area contributed by atoms with E-state index in [1.807, 2.05) is 4.68 Å². The lowest BCUT2D eigenvalue weighted by molar-refractivity contribution is 0.622. The number of hydrogen-bond acceptors (Lipinski definition) is 3. The molecule has 4 heteroatoms. The van der Waals surface area contributed by atoms with Gasteiger partial charge in [0.25, 0.3) is 0 Å². The smallest absolute Gasteiger partial charge is 0.146 e. The van der Waals surface area contributed by atoms with Crippen LogP contribution >= 0.6 is 0 Å². The van der Waals surface area contributed by atoms with E-state index in [0.717, 1.165) is 24.5 Å². The number of nitrogens with one attached hydrogen (secondary N) is 1. The van der Waals surface area contributed by atoms with Gasteiger partial charge in [0.15, 0.2) is 0 Å². The van der Waals surface area contributed by atoms with Crippen LogP contribution in [0.3, 0.4) is 0 Å². The van der Waals surface area contributed by atoms with Crippen molar-refractivity contribution in [3.05, 3.63) is 42.0 Å². The van der Waals surface area contributed by atoms with Gasteiger partial charge in [0.1, 0.15) is 12.2 Å². The lowest BCUT2D eigenvalue weighted by Crippen LogP contribution is -2.09. The summed E-state index contributed by atoms with van der Waals surface area (Å²) < 4.78 is 1.90. The molecule has 4 nitrogen and oxygen atoms in total. The molecule has 0 saturated heterocycles. The normalized spacial score (nSPS) is 10.5. The Kier molecular flexibility index (Phi) is 3.75. The molecular formula is C13H18N4. The van der Waals surface area contributed by atoms with Gasteiger partial charge in [0, 0.05) is 12.2 Å². The van der Waals surface area contributed by atoms with Crippen LogP contribution in [0.4, 0.5) is 5.69 Å². The second-order valence-electron chi connectivity index (χ2n) is 3.90. The fraction of sp³-hybridized carbons (Fsp3) is 0.385. The monoisotopic (exact) mass is 230 g/mol. The van der Waals surface area contributed by atoms with Gasteiger partial charge in [-0.3, -0.25) is 0 Å². The maximum absolute atomic E-state index is 4.23. The van der Waals surface area contributed by atoms with Gasteiger partial charge in [-0.25, -0.2) is 9.67 Å². The predicted molar refractivity (Wildman–Crippen MR) is 68.8 cm³/mol. The Labute approximate surface area is 102 Å². The quantitative estimate of drug-likeness (QED) is 0.858. The number of hydrogen-bond donors (Lipinski definition) is 1. The second kappa shape index (κ2) is 5.48. The first kappa shape index (κ1) is 11.6. The SMILES string of the molecule is CCc1cccc(NCc2ncnn2CC)c1. The summed E-state index contributed by atoms with van der Waals surface area (Å²) in [5.41, 5.74) is 2.47. The van der Waals surface area contributed by atoms with Crippen molar-refractivity contribution in [2.24, 2.45) is 0 Å². The third-order valence-electron chi connectivity index (χ3n) is 2.78. The summed E-state index contributed by atoms with van der Waals surface area (Å²) in [6, 6.07) is 8.46. The first-order chi connectivity index (χ1) is 8.33. The molecule has 0 spiro atoms. The minimum atomic E-state index is 0.709. The standard InChI is InChI=1S/C13H18N4/c1-3-11-6-5-7-12(8-11)14-9-13-15-10-16-17(13)4-2/h5-8,10,14H,3-4,9H2,1-2H3. The Morgan fingerprint density at radius 1 is 1.29 bits per heavy atom. The van der Waals surface area contributed by atoms with Crippen molar-refractivity contribution < 1.29 is 0 Å². The highest BCUT2D eigenvalue weighted by molar-refractivity contribution is 5.45. The largest absolute Gasteiger partial charge is 0.378 e. The lowest BCUT2D eigenvalue weighted by Gasteiger charge is -2.08. The molecule has 1 N–H and O–H groups in total. The van der Waals surface area contributed by atoms with Crippen LogP contribution in [-0.2, 0) is 19.5 Å². The van der Waals surface area contributed by atoms with Gasteiger partial charge in [-0.2, -0.15) is 5.10 Å². The highest BCUT2D eigenvalue weighted by atomic mass is 15.3. The molecule has 1 heterocycles. The molecule has 0 unspecified atom stereocenters. The molecule has 0 aliphatic heterocycles. The van der Waals surface area contributed by atoms with E-state index in [-0.39, 0.29) is 0 Å². The zero-order chi connectivity index (χ0) is 12.1. The summed E-state index contributed by atoms with van der Waals surface area (Å²) in [7, 11) is 0. The Bertz CT molecular complexity index is 476. The number of nitrogens with zero attached hydrogens (tertiary/aromatic N) is 3. The molecule has 2 aromatic rings. The number of rotatable bonds is 5. The van der Waals surface area contributed by atoms with E-state index >= 15 is 0 Å². The average molecular weight is 230 g/mol. The Morgan fingerprint density at radius 3 is 2.94 bits per heavy atom. The molecule has 0 atom stereocenters. The molecule has 90 valence electrons. The molecule has 17 heavy (non-hydrogen) atoms. The number of benzene rings is 1. The topological polar surface area (TPSA) is 42.7 Å². The molecule has 0 aliphatic carbocycles. The Hall–Kier alpha value is -1.84. The predicted octanol–water partition coefficient (Wildman–Crippen LogP) is 2.47. The van der Waals surface area contributed by atoms with Gasteiger partial charge < -0.3 is 5.32 Å². The van der Waals surface area contributed by atoms with Gasteiger partial charge in [0.05, 0.1) is 6.54 Å². The lowest BCUT2D eigenvalue weighted by atomic mass is 10.1. The zero-order valence-electron chi connectivity index (χ0n) is 10.3. The molecule has 0 amide bonds. The summed E-state index contributed by atoms with van der Waals surface area (Å²) >= 11 is 0. The van der Waals surface area contributed by atoms with Crippen LogP contribution in [-0.4, -0.2) is 14.8 Å². The van der Waals surface area contributed by atoms with E-state index in [0.29, 0.717) is 6.54 Å². The summed E-state index contributed by atoms with van der Waals surface area (Å²) in [4.78, 5) is 4.23. The van der Waals surface area contributed by atoms with E-state index < -0.39 is 0 Å². The zero-order valence-corrected chi connectivity index (χ0v) is 10.3. The molecule has 0 bridgehead atoms. The Morgan fingerprint density at radius 2 is 2.18 bits per heavy atom. The van der Waals surface area contributed by atoms with Crippen molar-refractivity contribution in [1.29, 1.82) is 0 Å². The van der Waals surface area contributed by atoms with Crippen LogP contribution in [0.1, 0.15) is 25.2 Å². The van der Waals surface area contributed by atoms with Gasteiger partial charge in [0.2, 0.25) is 0 Å². The summed E-state index contributed by atoms with van der Waals surface area (Å²) in [6.45, 7) is 5.79.